The number of furan rings is 1. The topological polar surface area (TPSA) is 81.2 Å². The molecule has 1 aromatic carbocycles. The number of hydrogen-bond acceptors (Lipinski definition) is 5. The Morgan fingerprint density at radius 3 is 2.89 bits per heavy atom. The number of aromatic nitrogens is 2. The summed E-state index contributed by atoms with van der Waals surface area (Å²) in [5, 5.41) is 10.1. The summed E-state index contributed by atoms with van der Waals surface area (Å²) in [6.45, 7) is 0. The summed E-state index contributed by atoms with van der Waals surface area (Å²) in [6, 6.07) is 8.42. The third-order valence-electron chi connectivity index (χ3n) is 2.33. The lowest BCUT2D eigenvalue weighted by Gasteiger charge is -2.02. The van der Waals surface area contributed by atoms with Crippen molar-refractivity contribution in [3.63, 3.8) is 0 Å². The first-order valence-corrected chi connectivity index (χ1v) is 5.81. The number of nitrogens with zero attached hydrogens (tertiary/aromatic N) is 2. The van der Waals surface area contributed by atoms with Crippen molar-refractivity contribution in [2.75, 3.05) is 5.32 Å². The molecule has 0 fully saturated rings. The monoisotopic (exact) mass is 307 g/mol. The number of hydrogen-bond donors (Lipinski definition) is 1. The lowest BCUT2D eigenvalue weighted by Crippen LogP contribution is -2.11. The number of carbonyl (C=O) groups is 1. The molecule has 0 aliphatic carbocycles. The van der Waals surface area contributed by atoms with Crippen LogP contribution in [0.5, 0.6) is 0 Å². The second kappa shape index (κ2) is 4.26. The highest BCUT2D eigenvalue weighted by Gasteiger charge is 2.13. The highest BCUT2D eigenvalue weighted by atomic mass is 79.9. The van der Waals surface area contributed by atoms with Gasteiger partial charge in [-0.3, -0.25) is 4.79 Å². The van der Waals surface area contributed by atoms with Crippen LogP contribution in [0.4, 0.5) is 5.69 Å². The van der Waals surface area contributed by atoms with E-state index in [9.17, 15) is 4.79 Å². The largest absolute Gasteiger partial charge is 0.444 e. The van der Waals surface area contributed by atoms with Gasteiger partial charge in [-0.25, -0.2) is 4.63 Å². The van der Waals surface area contributed by atoms with Gasteiger partial charge in [0, 0.05) is 0 Å². The Balaban J connectivity index is 1.92. The summed E-state index contributed by atoms with van der Waals surface area (Å²) >= 11 is 3.14. The zero-order chi connectivity index (χ0) is 12.5. The summed E-state index contributed by atoms with van der Waals surface area (Å²) in [5.41, 5.74) is 1.59. The van der Waals surface area contributed by atoms with Crippen molar-refractivity contribution in [3.8, 4) is 0 Å². The molecular weight excluding hydrogens is 302 g/mol. The van der Waals surface area contributed by atoms with Gasteiger partial charge in [-0.05, 0) is 50.5 Å². The van der Waals surface area contributed by atoms with Crippen LogP contribution in [0.3, 0.4) is 0 Å². The van der Waals surface area contributed by atoms with Crippen molar-refractivity contribution in [2.45, 2.75) is 0 Å². The Morgan fingerprint density at radius 2 is 2.11 bits per heavy atom. The fourth-order valence-electron chi connectivity index (χ4n) is 1.53. The van der Waals surface area contributed by atoms with E-state index in [1.165, 1.54) is 0 Å². The molecule has 0 aliphatic heterocycles. The molecule has 6 nitrogen and oxygen atoms in total. The average Bonchev–Trinajstić information content (AvgIpc) is 2.97. The molecule has 2 heterocycles. The Kier molecular flexibility index (Phi) is 2.60. The SMILES string of the molecule is O=C(Nc1cccc2nonc12)c1ccc(Br)o1. The van der Waals surface area contributed by atoms with E-state index in [2.05, 4.69) is 36.2 Å². The fraction of sp³-hybridized carbons (Fsp3) is 0. The first-order chi connectivity index (χ1) is 8.74. The van der Waals surface area contributed by atoms with Gasteiger partial charge in [0.2, 0.25) is 0 Å². The quantitative estimate of drug-likeness (QED) is 0.787. The number of rotatable bonds is 2. The predicted octanol–water partition coefficient (Wildman–Crippen LogP) is 2.83. The summed E-state index contributed by atoms with van der Waals surface area (Å²) in [6.07, 6.45) is 0. The lowest BCUT2D eigenvalue weighted by atomic mass is 10.2. The van der Waals surface area contributed by atoms with Gasteiger partial charge in [0.05, 0.1) is 5.69 Å². The summed E-state index contributed by atoms with van der Waals surface area (Å²) in [7, 11) is 0. The minimum absolute atomic E-state index is 0.204. The van der Waals surface area contributed by atoms with E-state index in [0.717, 1.165) is 0 Å². The molecule has 0 bridgehead atoms. The molecule has 0 unspecified atom stereocenters. The van der Waals surface area contributed by atoms with Gasteiger partial charge in [0.15, 0.2) is 15.9 Å². The maximum absolute atomic E-state index is 11.9. The zero-order valence-electron chi connectivity index (χ0n) is 8.88. The van der Waals surface area contributed by atoms with E-state index in [1.54, 1.807) is 30.3 Å². The van der Waals surface area contributed by atoms with Crippen LogP contribution < -0.4 is 5.32 Å². The molecule has 7 heteroatoms. The van der Waals surface area contributed by atoms with Crippen LogP contribution in [-0.2, 0) is 0 Å². The van der Waals surface area contributed by atoms with Crippen molar-refractivity contribution < 1.29 is 13.8 Å². The number of benzene rings is 1. The van der Waals surface area contributed by atoms with Crippen molar-refractivity contribution in [3.05, 3.63) is 40.8 Å². The van der Waals surface area contributed by atoms with Crippen LogP contribution in [-0.4, -0.2) is 16.2 Å². The van der Waals surface area contributed by atoms with Crippen LogP contribution in [0.1, 0.15) is 10.6 Å². The van der Waals surface area contributed by atoms with Gasteiger partial charge < -0.3 is 9.73 Å². The normalized spacial score (nSPS) is 10.7. The third kappa shape index (κ3) is 1.88. The maximum Gasteiger partial charge on any atom is 0.291 e. The standard InChI is InChI=1S/C11H6BrN3O3/c12-9-5-4-8(17-9)11(16)13-6-2-1-3-7-10(6)15-18-14-7/h1-5H,(H,13,16). The van der Waals surface area contributed by atoms with Gasteiger partial charge in [-0.1, -0.05) is 6.07 Å². The van der Waals surface area contributed by atoms with Gasteiger partial charge in [-0.2, -0.15) is 0 Å². The molecule has 0 aliphatic rings. The second-order valence-electron chi connectivity index (χ2n) is 3.50. The van der Waals surface area contributed by atoms with Gasteiger partial charge in [0.1, 0.15) is 5.52 Å². The molecule has 0 saturated heterocycles. The summed E-state index contributed by atoms with van der Waals surface area (Å²) in [4.78, 5) is 11.9. The maximum atomic E-state index is 11.9. The highest BCUT2D eigenvalue weighted by molar-refractivity contribution is 9.10. The van der Waals surface area contributed by atoms with Crippen molar-refractivity contribution in [1.82, 2.24) is 10.3 Å². The number of fused-ring (bicyclic) bond motifs is 1. The summed E-state index contributed by atoms with van der Waals surface area (Å²) < 4.78 is 10.3. The van der Waals surface area contributed by atoms with E-state index in [-0.39, 0.29) is 11.7 Å². The predicted molar refractivity (Wildman–Crippen MR) is 66.2 cm³/mol. The number of anilines is 1. The molecule has 2 aromatic heterocycles. The molecule has 0 saturated carbocycles. The fourth-order valence-corrected chi connectivity index (χ4v) is 1.83. The second-order valence-corrected chi connectivity index (χ2v) is 4.28. The van der Waals surface area contributed by atoms with E-state index < -0.39 is 0 Å². The molecule has 18 heavy (non-hydrogen) atoms. The van der Waals surface area contributed by atoms with Crippen molar-refractivity contribution in [2.24, 2.45) is 0 Å². The number of carbonyl (C=O) groups excluding carboxylic acids is 1. The molecule has 90 valence electrons. The molecule has 0 spiro atoms. The number of nitrogens with one attached hydrogen (secondary N) is 1. The number of amides is 1. The van der Waals surface area contributed by atoms with E-state index in [0.29, 0.717) is 21.4 Å². The third-order valence-corrected chi connectivity index (χ3v) is 2.76. The van der Waals surface area contributed by atoms with Crippen LogP contribution in [0.2, 0.25) is 0 Å². The Bertz CT molecular complexity index is 719. The molecule has 3 rings (SSSR count). The first kappa shape index (κ1) is 11.0. The van der Waals surface area contributed by atoms with Crippen molar-refractivity contribution in [1.29, 1.82) is 0 Å². The van der Waals surface area contributed by atoms with Crippen LogP contribution >= 0.6 is 15.9 Å². The van der Waals surface area contributed by atoms with Crippen LogP contribution in [0.15, 0.2) is 44.0 Å². The molecular formula is C11H6BrN3O3. The van der Waals surface area contributed by atoms with E-state index in [1.807, 2.05) is 0 Å². The van der Waals surface area contributed by atoms with Crippen LogP contribution in [0, 0.1) is 0 Å². The minimum atomic E-state index is -0.365. The van der Waals surface area contributed by atoms with E-state index >= 15 is 0 Å². The zero-order valence-corrected chi connectivity index (χ0v) is 10.5. The Labute approximate surface area is 109 Å². The van der Waals surface area contributed by atoms with E-state index in [4.69, 9.17) is 4.42 Å². The first-order valence-electron chi connectivity index (χ1n) is 5.02. The smallest absolute Gasteiger partial charge is 0.291 e. The van der Waals surface area contributed by atoms with Gasteiger partial charge in [-0.15, -0.1) is 0 Å². The Hall–Kier alpha value is -2.15. The van der Waals surface area contributed by atoms with Gasteiger partial charge >= 0.3 is 0 Å². The molecule has 1 amide bonds. The molecule has 3 aromatic rings. The van der Waals surface area contributed by atoms with Crippen molar-refractivity contribution >= 4 is 38.6 Å². The summed E-state index contributed by atoms with van der Waals surface area (Å²) in [5.74, 6) is -0.161. The van der Waals surface area contributed by atoms with Crippen LogP contribution in [0.25, 0.3) is 11.0 Å². The molecule has 0 atom stereocenters. The molecule has 0 radical (unpaired) electrons. The highest BCUT2D eigenvalue weighted by Crippen LogP contribution is 2.21. The average molecular weight is 308 g/mol. The van der Waals surface area contributed by atoms with Gasteiger partial charge in [0.25, 0.3) is 5.91 Å². The number of halogens is 1. The lowest BCUT2D eigenvalue weighted by molar-refractivity contribution is 0.0995. The minimum Gasteiger partial charge on any atom is -0.444 e. The Morgan fingerprint density at radius 1 is 1.22 bits per heavy atom. The molecule has 1 N–H and O–H groups in total.